The SMILES string of the molecule is CN(C)C(=O)Nc1cc([N+](=O)[O-])ccc1C(=O)O. The number of hydrogen-bond acceptors (Lipinski definition) is 4. The van der Waals surface area contributed by atoms with Gasteiger partial charge in [-0.05, 0) is 6.07 Å². The molecule has 0 aliphatic rings. The first-order valence-electron chi connectivity index (χ1n) is 4.83. The molecular formula is C10H11N3O5. The van der Waals surface area contributed by atoms with Gasteiger partial charge in [-0.2, -0.15) is 0 Å². The maximum Gasteiger partial charge on any atom is 0.337 e. The average molecular weight is 253 g/mol. The minimum Gasteiger partial charge on any atom is -0.478 e. The van der Waals surface area contributed by atoms with Crippen LogP contribution >= 0.6 is 0 Å². The summed E-state index contributed by atoms with van der Waals surface area (Å²) in [7, 11) is 2.93. The van der Waals surface area contributed by atoms with E-state index in [4.69, 9.17) is 5.11 Å². The number of amides is 2. The second-order valence-electron chi connectivity index (χ2n) is 3.62. The predicted octanol–water partition coefficient (Wildman–Crippen LogP) is 1.39. The molecule has 18 heavy (non-hydrogen) atoms. The lowest BCUT2D eigenvalue weighted by atomic mass is 10.1. The third-order valence-corrected chi connectivity index (χ3v) is 2.09. The highest BCUT2D eigenvalue weighted by Crippen LogP contribution is 2.22. The Morgan fingerprint density at radius 2 is 2.00 bits per heavy atom. The Balaban J connectivity index is 3.19. The van der Waals surface area contributed by atoms with Crippen molar-refractivity contribution >= 4 is 23.4 Å². The molecule has 0 saturated carbocycles. The van der Waals surface area contributed by atoms with E-state index in [2.05, 4.69) is 5.32 Å². The molecule has 96 valence electrons. The van der Waals surface area contributed by atoms with Gasteiger partial charge >= 0.3 is 12.0 Å². The van der Waals surface area contributed by atoms with Crippen LogP contribution in [0.3, 0.4) is 0 Å². The van der Waals surface area contributed by atoms with Gasteiger partial charge in [0, 0.05) is 26.2 Å². The van der Waals surface area contributed by atoms with Crippen LogP contribution in [0.25, 0.3) is 0 Å². The molecular weight excluding hydrogens is 242 g/mol. The van der Waals surface area contributed by atoms with E-state index in [1.807, 2.05) is 0 Å². The van der Waals surface area contributed by atoms with Crippen LogP contribution in [-0.2, 0) is 0 Å². The summed E-state index contributed by atoms with van der Waals surface area (Å²) in [6.07, 6.45) is 0. The fraction of sp³-hybridized carbons (Fsp3) is 0.200. The number of urea groups is 1. The summed E-state index contributed by atoms with van der Waals surface area (Å²) in [6.45, 7) is 0. The number of rotatable bonds is 3. The van der Waals surface area contributed by atoms with E-state index >= 15 is 0 Å². The molecule has 0 heterocycles. The lowest BCUT2D eigenvalue weighted by Crippen LogP contribution is -2.28. The van der Waals surface area contributed by atoms with Crippen molar-refractivity contribution in [2.45, 2.75) is 0 Å². The van der Waals surface area contributed by atoms with Crippen molar-refractivity contribution in [2.75, 3.05) is 19.4 Å². The number of anilines is 1. The number of aromatic carboxylic acids is 1. The quantitative estimate of drug-likeness (QED) is 0.624. The molecule has 0 atom stereocenters. The number of nitrogens with one attached hydrogen (secondary N) is 1. The lowest BCUT2D eigenvalue weighted by Gasteiger charge is -2.13. The largest absolute Gasteiger partial charge is 0.478 e. The van der Waals surface area contributed by atoms with Gasteiger partial charge in [-0.3, -0.25) is 10.1 Å². The molecule has 0 bridgehead atoms. The van der Waals surface area contributed by atoms with Crippen LogP contribution in [0, 0.1) is 10.1 Å². The third-order valence-electron chi connectivity index (χ3n) is 2.09. The number of benzene rings is 1. The molecule has 1 aromatic rings. The first-order valence-corrected chi connectivity index (χ1v) is 4.83. The molecule has 0 fully saturated rings. The van der Waals surface area contributed by atoms with Gasteiger partial charge in [-0.25, -0.2) is 9.59 Å². The highest BCUT2D eigenvalue weighted by atomic mass is 16.6. The van der Waals surface area contributed by atoms with E-state index in [0.717, 1.165) is 18.2 Å². The molecule has 2 amide bonds. The number of nitro groups is 1. The van der Waals surface area contributed by atoms with E-state index in [9.17, 15) is 19.7 Å². The Kier molecular flexibility index (Phi) is 3.82. The van der Waals surface area contributed by atoms with E-state index in [-0.39, 0.29) is 16.9 Å². The molecule has 1 aromatic carbocycles. The highest BCUT2D eigenvalue weighted by molar-refractivity contribution is 6.00. The molecule has 0 radical (unpaired) electrons. The summed E-state index contributed by atoms with van der Waals surface area (Å²) in [6, 6.07) is 2.57. The van der Waals surface area contributed by atoms with E-state index in [1.54, 1.807) is 0 Å². The minimum atomic E-state index is -1.28. The van der Waals surface area contributed by atoms with Crippen LogP contribution in [0.5, 0.6) is 0 Å². The number of nitro benzene ring substituents is 1. The number of carbonyl (C=O) groups excluding carboxylic acids is 1. The summed E-state index contributed by atoms with van der Waals surface area (Å²) in [5.74, 6) is -1.28. The number of non-ortho nitro benzene ring substituents is 1. The summed E-state index contributed by atoms with van der Waals surface area (Å²) < 4.78 is 0. The third kappa shape index (κ3) is 2.94. The number of carbonyl (C=O) groups is 2. The number of carboxylic acids is 1. The van der Waals surface area contributed by atoms with Gasteiger partial charge in [0.05, 0.1) is 16.2 Å². The van der Waals surface area contributed by atoms with Crippen LogP contribution in [0.4, 0.5) is 16.2 Å². The van der Waals surface area contributed by atoms with E-state index in [0.29, 0.717) is 0 Å². The van der Waals surface area contributed by atoms with Crippen molar-refractivity contribution < 1.29 is 19.6 Å². The molecule has 0 aromatic heterocycles. The van der Waals surface area contributed by atoms with Crippen molar-refractivity contribution in [3.63, 3.8) is 0 Å². The van der Waals surface area contributed by atoms with Gasteiger partial charge < -0.3 is 15.3 Å². The van der Waals surface area contributed by atoms with Crippen molar-refractivity contribution in [3.05, 3.63) is 33.9 Å². The summed E-state index contributed by atoms with van der Waals surface area (Å²) in [4.78, 5) is 33.4. The maximum absolute atomic E-state index is 11.4. The van der Waals surface area contributed by atoms with Gasteiger partial charge in [0.15, 0.2) is 0 Å². The Morgan fingerprint density at radius 1 is 1.39 bits per heavy atom. The zero-order valence-corrected chi connectivity index (χ0v) is 9.71. The van der Waals surface area contributed by atoms with Crippen LogP contribution in [0.2, 0.25) is 0 Å². The normalized spacial score (nSPS) is 9.67. The number of carboxylic acid groups (broad SMARTS) is 1. The first kappa shape index (κ1) is 13.4. The van der Waals surface area contributed by atoms with Crippen molar-refractivity contribution in [1.82, 2.24) is 4.90 Å². The zero-order chi connectivity index (χ0) is 13.9. The minimum absolute atomic E-state index is 0.115. The molecule has 0 aliphatic carbocycles. The molecule has 0 unspecified atom stereocenters. The van der Waals surface area contributed by atoms with Crippen LogP contribution < -0.4 is 5.32 Å². The van der Waals surface area contributed by atoms with Crippen molar-refractivity contribution in [3.8, 4) is 0 Å². The van der Waals surface area contributed by atoms with Crippen LogP contribution in [-0.4, -0.2) is 41.0 Å². The Bertz CT molecular complexity index is 512. The summed E-state index contributed by atoms with van der Waals surface area (Å²) in [5.41, 5.74) is -0.625. The Hall–Kier alpha value is -2.64. The van der Waals surface area contributed by atoms with E-state index < -0.39 is 16.9 Å². The fourth-order valence-electron chi connectivity index (χ4n) is 1.16. The van der Waals surface area contributed by atoms with Gasteiger partial charge in [0.2, 0.25) is 0 Å². The summed E-state index contributed by atoms with van der Waals surface area (Å²) >= 11 is 0. The maximum atomic E-state index is 11.4. The standard InChI is InChI=1S/C10H11N3O5/c1-12(2)10(16)11-8-5-6(13(17)18)3-4-7(8)9(14)15/h3-5H,1-2H3,(H,11,16)(H,14,15). The predicted molar refractivity (Wildman–Crippen MR) is 62.8 cm³/mol. The average Bonchev–Trinajstić information content (AvgIpc) is 2.28. The zero-order valence-electron chi connectivity index (χ0n) is 9.71. The molecule has 2 N–H and O–H groups in total. The highest BCUT2D eigenvalue weighted by Gasteiger charge is 2.17. The number of nitrogens with zero attached hydrogens (tertiary/aromatic N) is 2. The second-order valence-corrected chi connectivity index (χ2v) is 3.62. The van der Waals surface area contributed by atoms with Gasteiger partial charge in [0.25, 0.3) is 5.69 Å². The van der Waals surface area contributed by atoms with E-state index in [1.165, 1.54) is 19.0 Å². The van der Waals surface area contributed by atoms with Gasteiger partial charge in [0.1, 0.15) is 0 Å². The summed E-state index contributed by atoms with van der Waals surface area (Å²) in [5, 5.41) is 21.8. The first-order chi connectivity index (χ1) is 8.32. The molecule has 0 spiro atoms. The smallest absolute Gasteiger partial charge is 0.337 e. The van der Waals surface area contributed by atoms with Gasteiger partial charge in [-0.1, -0.05) is 0 Å². The topological polar surface area (TPSA) is 113 Å². The molecule has 0 saturated heterocycles. The molecule has 8 nitrogen and oxygen atoms in total. The molecule has 8 heteroatoms. The van der Waals surface area contributed by atoms with Crippen LogP contribution in [0.1, 0.15) is 10.4 Å². The van der Waals surface area contributed by atoms with Crippen LogP contribution in [0.15, 0.2) is 18.2 Å². The Labute approximate surface area is 102 Å². The monoisotopic (exact) mass is 253 g/mol. The van der Waals surface area contributed by atoms with Crippen molar-refractivity contribution in [1.29, 1.82) is 0 Å². The fourth-order valence-corrected chi connectivity index (χ4v) is 1.16. The van der Waals surface area contributed by atoms with Gasteiger partial charge in [-0.15, -0.1) is 0 Å². The molecule has 1 rings (SSSR count). The number of hydrogen-bond donors (Lipinski definition) is 2. The van der Waals surface area contributed by atoms with Crippen molar-refractivity contribution in [2.24, 2.45) is 0 Å². The molecule has 0 aliphatic heterocycles. The lowest BCUT2D eigenvalue weighted by molar-refractivity contribution is -0.384. The second kappa shape index (κ2) is 5.13. The Morgan fingerprint density at radius 3 is 2.44 bits per heavy atom.